The lowest BCUT2D eigenvalue weighted by Crippen LogP contribution is -2.35. The van der Waals surface area contributed by atoms with Crippen molar-refractivity contribution in [2.24, 2.45) is 5.16 Å². The lowest BCUT2D eigenvalue weighted by molar-refractivity contribution is 0.0536. The third-order valence-corrected chi connectivity index (χ3v) is 2.03. The molecule has 1 amide bonds. The van der Waals surface area contributed by atoms with Crippen LogP contribution < -0.4 is 5.32 Å². The highest BCUT2D eigenvalue weighted by molar-refractivity contribution is 6.02. The van der Waals surface area contributed by atoms with Gasteiger partial charge in [0, 0.05) is 5.56 Å². The van der Waals surface area contributed by atoms with Gasteiger partial charge in [-0.2, -0.15) is 0 Å². The average Bonchev–Trinajstić information content (AvgIpc) is 2.29. The lowest BCUT2D eigenvalue weighted by atomic mass is 10.1. The summed E-state index contributed by atoms with van der Waals surface area (Å²) in [5.74, 6) is 0. The Bertz CT molecular complexity index is 422. The first-order valence-electron chi connectivity index (χ1n) is 5.65. The summed E-state index contributed by atoms with van der Waals surface area (Å²) in [5, 5.41) is 14.6. The van der Waals surface area contributed by atoms with Crippen molar-refractivity contribution in [3.05, 3.63) is 35.9 Å². The van der Waals surface area contributed by atoms with Crippen molar-refractivity contribution < 1.29 is 14.7 Å². The van der Waals surface area contributed by atoms with Crippen molar-refractivity contribution in [2.75, 3.05) is 6.54 Å². The Labute approximate surface area is 106 Å². The largest absolute Gasteiger partial charge is 0.444 e. The maximum absolute atomic E-state index is 11.4. The van der Waals surface area contributed by atoms with Gasteiger partial charge in [0.05, 0.1) is 6.54 Å². The Hall–Kier alpha value is -2.04. The van der Waals surface area contributed by atoms with E-state index in [1.165, 1.54) is 0 Å². The Balaban J connectivity index is 2.55. The number of benzene rings is 1. The van der Waals surface area contributed by atoms with Crippen LogP contribution in [0.15, 0.2) is 35.5 Å². The molecule has 18 heavy (non-hydrogen) atoms. The number of alkyl carbamates (subject to hydrolysis) is 1. The van der Waals surface area contributed by atoms with Gasteiger partial charge in [-0.25, -0.2) is 4.79 Å². The van der Waals surface area contributed by atoms with Crippen molar-refractivity contribution in [2.45, 2.75) is 26.4 Å². The van der Waals surface area contributed by atoms with Crippen LogP contribution in [0.25, 0.3) is 0 Å². The Kier molecular flexibility index (Phi) is 4.71. The van der Waals surface area contributed by atoms with Crippen molar-refractivity contribution in [3.8, 4) is 0 Å². The van der Waals surface area contributed by atoms with Gasteiger partial charge in [-0.05, 0) is 20.8 Å². The number of hydrogen-bond acceptors (Lipinski definition) is 4. The summed E-state index contributed by atoms with van der Waals surface area (Å²) in [6.45, 7) is 5.45. The van der Waals surface area contributed by atoms with E-state index in [-0.39, 0.29) is 6.54 Å². The zero-order valence-corrected chi connectivity index (χ0v) is 10.8. The second-order valence-electron chi connectivity index (χ2n) is 4.77. The van der Waals surface area contributed by atoms with Gasteiger partial charge in [0.2, 0.25) is 0 Å². The van der Waals surface area contributed by atoms with E-state index in [2.05, 4.69) is 10.5 Å². The van der Waals surface area contributed by atoms with Crippen LogP contribution in [0.3, 0.4) is 0 Å². The number of oxime groups is 1. The molecular weight excluding hydrogens is 232 g/mol. The number of ether oxygens (including phenoxy) is 1. The molecule has 0 saturated heterocycles. The van der Waals surface area contributed by atoms with Crippen LogP contribution in [-0.2, 0) is 4.74 Å². The smallest absolute Gasteiger partial charge is 0.407 e. The van der Waals surface area contributed by atoms with Gasteiger partial charge in [0.1, 0.15) is 11.3 Å². The molecule has 5 heteroatoms. The van der Waals surface area contributed by atoms with Gasteiger partial charge < -0.3 is 15.3 Å². The first kappa shape index (κ1) is 14.0. The fraction of sp³-hybridized carbons (Fsp3) is 0.385. The van der Waals surface area contributed by atoms with E-state index >= 15 is 0 Å². The zero-order valence-electron chi connectivity index (χ0n) is 10.8. The Morgan fingerprint density at radius 2 is 1.94 bits per heavy atom. The van der Waals surface area contributed by atoms with Crippen molar-refractivity contribution in [1.82, 2.24) is 5.32 Å². The van der Waals surface area contributed by atoms with E-state index in [0.717, 1.165) is 5.56 Å². The monoisotopic (exact) mass is 250 g/mol. The maximum atomic E-state index is 11.4. The van der Waals surface area contributed by atoms with Crippen molar-refractivity contribution in [3.63, 3.8) is 0 Å². The molecule has 1 rings (SSSR count). The minimum Gasteiger partial charge on any atom is -0.444 e. The molecule has 1 aromatic rings. The molecule has 0 fully saturated rings. The van der Waals surface area contributed by atoms with Crippen LogP contribution >= 0.6 is 0 Å². The van der Waals surface area contributed by atoms with Crippen molar-refractivity contribution >= 4 is 11.8 Å². The summed E-state index contributed by atoms with van der Waals surface area (Å²) < 4.78 is 5.08. The number of nitrogens with zero attached hydrogens (tertiary/aromatic N) is 1. The number of amides is 1. The van der Waals surface area contributed by atoms with Crippen LogP contribution in [0.1, 0.15) is 26.3 Å². The van der Waals surface area contributed by atoms with Crippen LogP contribution in [0.2, 0.25) is 0 Å². The average molecular weight is 250 g/mol. The molecule has 2 N–H and O–H groups in total. The molecular formula is C13H18N2O3. The standard InChI is InChI=1S/C13H18N2O3/c1-13(2,3)18-12(16)14-9-11(15-17)10-7-5-4-6-8-10/h4-8,17H,9H2,1-3H3,(H,14,16). The number of rotatable bonds is 3. The Morgan fingerprint density at radius 3 is 2.44 bits per heavy atom. The van der Waals surface area contributed by atoms with E-state index < -0.39 is 11.7 Å². The fourth-order valence-electron chi connectivity index (χ4n) is 1.30. The predicted molar refractivity (Wildman–Crippen MR) is 69.0 cm³/mol. The fourth-order valence-corrected chi connectivity index (χ4v) is 1.30. The molecule has 0 atom stereocenters. The molecule has 0 aliphatic carbocycles. The van der Waals surface area contributed by atoms with Crippen LogP contribution in [-0.4, -0.2) is 29.2 Å². The van der Waals surface area contributed by atoms with Gasteiger partial charge in [0.15, 0.2) is 0 Å². The second-order valence-corrected chi connectivity index (χ2v) is 4.77. The van der Waals surface area contributed by atoms with E-state index in [0.29, 0.717) is 5.71 Å². The van der Waals surface area contributed by atoms with E-state index in [4.69, 9.17) is 9.94 Å². The van der Waals surface area contributed by atoms with Crippen LogP contribution in [0, 0.1) is 0 Å². The predicted octanol–water partition coefficient (Wildman–Crippen LogP) is 2.39. The van der Waals surface area contributed by atoms with Crippen molar-refractivity contribution in [1.29, 1.82) is 0 Å². The minimum atomic E-state index is -0.548. The summed E-state index contributed by atoms with van der Waals surface area (Å²) in [5.41, 5.74) is 0.574. The molecule has 0 aliphatic heterocycles. The highest BCUT2D eigenvalue weighted by Crippen LogP contribution is 2.06. The highest BCUT2D eigenvalue weighted by atomic mass is 16.6. The highest BCUT2D eigenvalue weighted by Gasteiger charge is 2.16. The summed E-state index contributed by atoms with van der Waals surface area (Å²) in [7, 11) is 0. The van der Waals surface area contributed by atoms with Crippen LogP contribution in [0.4, 0.5) is 4.79 Å². The number of carbonyl (C=O) groups is 1. The summed E-state index contributed by atoms with van der Waals surface area (Å²) >= 11 is 0. The topological polar surface area (TPSA) is 70.9 Å². The van der Waals surface area contributed by atoms with Gasteiger partial charge in [-0.15, -0.1) is 0 Å². The number of hydrogen-bond donors (Lipinski definition) is 2. The van der Waals surface area contributed by atoms with Gasteiger partial charge >= 0.3 is 6.09 Å². The molecule has 0 unspecified atom stereocenters. The zero-order chi connectivity index (χ0) is 13.6. The lowest BCUT2D eigenvalue weighted by Gasteiger charge is -2.19. The van der Waals surface area contributed by atoms with Gasteiger partial charge in [0.25, 0.3) is 0 Å². The normalized spacial score (nSPS) is 12.1. The third-order valence-electron chi connectivity index (χ3n) is 2.03. The molecule has 0 saturated carbocycles. The minimum absolute atomic E-state index is 0.107. The van der Waals surface area contributed by atoms with E-state index in [9.17, 15) is 4.79 Å². The first-order chi connectivity index (χ1) is 8.42. The number of nitrogens with one attached hydrogen (secondary N) is 1. The quantitative estimate of drug-likeness (QED) is 0.491. The maximum Gasteiger partial charge on any atom is 0.407 e. The van der Waals surface area contributed by atoms with E-state index in [1.807, 2.05) is 18.2 Å². The molecule has 1 aromatic carbocycles. The van der Waals surface area contributed by atoms with Crippen LogP contribution in [0.5, 0.6) is 0 Å². The third kappa shape index (κ3) is 4.86. The molecule has 0 bridgehead atoms. The second kappa shape index (κ2) is 6.05. The van der Waals surface area contributed by atoms with Gasteiger partial charge in [-0.1, -0.05) is 35.5 Å². The van der Waals surface area contributed by atoms with Gasteiger partial charge in [-0.3, -0.25) is 0 Å². The SMILES string of the molecule is CC(C)(C)OC(=O)NCC(=NO)c1ccccc1. The van der Waals surface area contributed by atoms with E-state index in [1.54, 1.807) is 32.9 Å². The molecule has 5 nitrogen and oxygen atoms in total. The molecule has 0 heterocycles. The summed E-state index contributed by atoms with van der Waals surface area (Å²) in [4.78, 5) is 11.4. The summed E-state index contributed by atoms with van der Waals surface area (Å²) in [6, 6.07) is 9.11. The molecule has 0 radical (unpaired) electrons. The summed E-state index contributed by atoms with van der Waals surface area (Å²) in [6.07, 6.45) is -0.542. The number of carbonyl (C=O) groups excluding carboxylic acids is 1. The first-order valence-corrected chi connectivity index (χ1v) is 5.65. The molecule has 98 valence electrons. The molecule has 0 spiro atoms. The molecule has 0 aromatic heterocycles. The Morgan fingerprint density at radius 1 is 1.33 bits per heavy atom. The molecule has 0 aliphatic rings.